The van der Waals surface area contributed by atoms with E-state index < -0.39 is 11.9 Å². The summed E-state index contributed by atoms with van der Waals surface area (Å²) in [5, 5.41) is 19.7. The van der Waals surface area contributed by atoms with Gasteiger partial charge in [0.2, 0.25) is 0 Å². The Bertz CT molecular complexity index is 1110. The minimum absolute atomic E-state index is 0.0858. The second-order valence-electron chi connectivity index (χ2n) is 6.21. The number of halogens is 1. The summed E-state index contributed by atoms with van der Waals surface area (Å²) in [6, 6.07) is 15.6. The molecule has 0 aromatic heterocycles. The number of carboxylic acids is 1. The number of aliphatic imine (C=N–C) groups is 1. The van der Waals surface area contributed by atoms with Gasteiger partial charge < -0.3 is 14.9 Å². The summed E-state index contributed by atoms with van der Waals surface area (Å²) in [6.45, 7) is 1.90. The van der Waals surface area contributed by atoms with Gasteiger partial charge in [0.15, 0.2) is 11.5 Å². The van der Waals surface area contributed by atoms with Crippen LogP contribution in [-0.2, 0) is 0 Å². The van der Waals surface area contributed by atoms with Crippen LogP contribution in [0.5, 0.6) is 11.5 Å². The quantitative estimate of drug-likeness (QED) is 0.350. The number of nitrogens with zero attached hydrogens (tertiary/aromatic N) is 1. The number of aromatic carboxylic acids is 1. The first-order chi connectivity index (χ1) is 13.8. The third kappa shape index (κ3) is 5.00. The lowest BCUT2D eigenvalue weighted by Crippen LogP contribution is -2.09. The average molecular weight is 410 g/mol. The normalized spacial score (nSPS) is 10.8. The number of carbonyl (C=O) groups excluding carboxylic acids is 1. The van der Waals surface area contributed by atoms with E-state index in [-0.39, 0.29) is 27.6 Å². The summed E-state index contributed by atoms with van der Waals surface area (Å²) in [4.78, 5) is 27.5. The number of hydrogen-bond donors (Lipinski definition) is 2. The zero-order valence-electron chi connectivity index (χ0n) is 15.3. The van der Waals surface area contributed by atoms with Gasteiger partial charge in [-0.05, 0) is 43.3 Å². The highest BCUT2D eigenvalue weighted by Crippen LogP contribution is 2.33. The van der Waals surface area contributed by atoms with Crippen molar-refractivity contribution < 1.29 is 24.5 Å². The number of carbonyl (C=O) groups is 2. The highest BCUT2D eigenvalue weighted by Gasteiger charge is 2.15. The van der Waals surface area contributed by atoms with Crippen LogP contribution in [0.1, 0.15) is 31.8 Å². The standard InChI is InChI=1S/C22H16ClNO5/c1-13-5-7-14(8-6-13)22(28)29-19-11-17(23)9-16(20(19)25)12-24-18-4-2-3-15(10-18)21(26)27/h2-12,25H,1H3,(H,26,27). The van der Waals surface area contributed by atoms with E-state index in [0.29, 0.717) is 11.3 Å². The van der Waals surface area contributed by atoms with Gasteiger partial charge in [-0.25, -0.2) is 9.59 Å². The van der Waals surface area contributed by atoms with Crippen molar-refractivity contribution in [2.75, 3.05) is 0 Å². The largest absolute Gasteiger partial charge is 0.504 e. The van der Waals surface area contributed by atoms with Gasteiger partial charge in [-0.15, -0.1) is 0 Å². The van der Waals surface area contributed by atoms with Crippen LogP contribution in [0.4, 0.5) is 5.69 Å². The Morgan fingerprint density at radius 3 is 2.45 bits per heavy atom. The van der Waals surface area contributed by atoms with E-state index in [1.54, 1.807) is 36.4 Å². The van der Waals surface area contributed by atoms with Crippen LogP contribution in [0.25, 0.3) is 0 Å². The fourth-order valence-corrected chi connectivity index (χ4v) is 2.70. The molecule has 6 nitrogen and oxygen atoms in total. The van der Waals surface area contributed by atoms with Crippen LogP contribution in [0.3, 0.4) is 0 Å². The van der Waals surface area contributed by atoms with Crippen LogP contribution >= 0.6 is 11.6 Å². The Labute approximate surface area is 171 Å². The Balaban J connectivity index is 1.87. The number of rotatable bonds is 5. The van der Waals surface area contributed by atoms with Crippen molar-refractivity contribution in [1.82, 2.24) is 0 Å². The minimum atomic E-state index is -1.07. The molecule has 7 heteroatoms. The molecule has 3 rings (SSSR count). The van der Waals surface area contributed by atoms with Crippen molar-refractivity contribution in [2.24, 2.45) is 4.99 Å². The van der Waals surface area contributed by atoms with Gasteiger partial charge >= 0.3 is 11.9 Å². The number of hydrogen-bond acceptors (Lipinski definition) is 5. The maximum Gasteiger partial charge on any atom is 0.343 e. The highest BCUT2D eigenvalue weighted by atomic mass is 35.5. The van der Waals surface area contributed by atoms with Gasteiger partial charge in [-0.2, -0.15) is 0 Å². The number of esters is 1. The molecule has 0 heterocycles. The Hall–Kier alpha value is -3.64. The van der Waals surface area contributed by atoms with Crippen molar-refractivity contribution in [3.05, 3.63) is 87.9 Å². The fourth-order valence-electron chi connectivity index (χ4n) is 2.48. The smallest absolute Gasteiger partial charge is 0.343 e. The molecule has 0 unspecified atom stereocenters. The second-order valence-corrected chi connectivity index (χ2v) is 6.65. The number of phenols is 1. The van der Waals surface area contributed by atoms with Crippen LogP contribution < -0.4 is 4.74 Å². The van der Waals surface area contributed by atoms with Crippen molar-refractivity contribution in [3.63, 3.8) is 0 Å². The molecule has 0 aliphatic rings. The zero-order chi connectivity index (χ0) is 21.0. The van der Waals surface area contributed by atoms with Crippen LogP contribution in [0.2, 0.25) is 5.02 Å². The number of aryl methyl sites for hydroxylation is 1. The molecule has 3 aromatic carbocycles. The van der Waals surface area contributed by atoms with Gasteiger partial charge in [0.1, 0.15) is 0 Å². The lowest BCUT2D eigenvalue weighted by Gasteiger charge is -2.09. The van der Waals surface area contributed by atoms with Gasteiger partial charge in [0.05, 0.1) is 16.8 Å². The van der Waals surface area contributed by atoms with E-state index in [9.17, 15) is 14.7 Å². The van der Waals surface area contributed by atoms with Gasteiger partial charge in [0, 0.05) is 22.9 Å². The van der Waals surface area contributed by atoms with Gasteiger partial charge in [0.25, 0.3) is 0 Å². The van der Waals surface area contributed by atoms with Crippen molar-refractivity contribution in [1.29, 1.82) is 0 Å². The summed E-state index contributed by atoms with van der Waals surface area (Å²) in [7, 11) is 0. The number of benzene rings is 3. The van der Waals surface area contributed by atoms with E-state index in [1.165, 1.54) is 30.5 Å². The number of carboxylic acid groups (broad SMARTS) is 1. The Kier molecular flexibility index (Phi) is 5.95. The van der Waals surface area contributed by atoms with Gasteiger partial charge in [-0.3, -0.25) is 4.99 Å². The molecule has 0 saturated carbocycles. The highest BCUT2D eigenvalue weighted by molar-refractivity contribution is 6.31. The first kappa shape index (κ1) is 20.1. The summed E-state index contributed by atoms with van der Waals surface area (Å²) < 4.78 is 5.28. The van der Waals surface area contributed by atoms with Crippen LogP contribution in [-0.4, -0.2) is 28.4 Å². The van der Waals surface area contributed by atoms with E-state index in [4.69, 9.17) is 21.4 Å². The fraction of sp³-hybridized carbons (Fsp3) is 0.0455. The summed E-state index contributed by atoms with van der Waals surface area (Å²) in [6.07, 6.45) is 1.31. The van der Waals surface area contributed by atoms with E-state index >= 15 is 0 Å². The number of aromatic hydroxyl groups is 1. The average Bonchev–Trinajstić information content (AvgIpc) is 2.70. The maximum absolute atomic E-state index is 12.3. The third-order valence-electron chi connectivity index (χ3n) is 4.00. The summed E-state index contributed by atoms with van der Waals surface area (Å²) >= 11 is 6.08. The molecule has 146 valence electrons. The number of ether oxygens (including phenoxy) is 1. The molecule has 3 aromatic rings. The lowest BCUT2D eigenvalue weighted by atomic mass is 10.1. The summed E-state index contributed by atoms with van der Waals surface area (Å²) in [5.74, 6) is -2.13. The molecule has 0 fully saturated rings. The second kappa shape index (κ2) is 8.58. The predicted molar refractivity (Wildman–Crippen MR) is 110 cm³/mol. The predicted octanol–water partition coefficient (Wildman–Crippen LogP) is 5.02. The van der Waals surface area contributed by atoms with Crippen LogP contribution in [0.15, 0.2) is 65.7 Å². The van der Waals surface area contributed by atoms with Crippen molar-refractivity contribution >= 4 is 35.4 Å². The molecule has 0 spiro atoms. The minimum Gasteiger partial charge on any atom is -0.504 e. The van der Waals surface area contributed by atoms with Gasteiger partial charge in [-0.1, -0.05) is 35.4 Å². The zero-order valence-corrected chi connectivity index (χ0v) is 16.1. The molecule has 0 radical (unpaired) electrons. The van der Waals surface area contributed by atoms with E-state index in [1.807, 2.05) is 6.92 Å². The van der Waals surface area contributed by atoms with Crippen molar-refractivity contribution in [3.8, 4) is 11.5 Å². The molecule has 0 saturated heterocycles. The molecular formula is C22H16ClNO5. The maximum atomic E-state index is 12.3. The lowest BCUT2D eigenvalue weighted by molar-refractivity contribution is 0.0694. The summed E-state index contributed by atoms with van der Waals surface area (Å²) in [5.41, 5.74) is 2.00. The monoisotopic (exact) mass is 409 g/mol. The SMILES string of the molecule is Cc1ccc(C(=O)Oc2cc(Cl)cc(C=Nc3cccc(C(=O)O)c3)c2O)cc1. The molecule has 0 amide bonds. The molecule has 0 bridgehead atoms. The van der Waals surface area contributed by atoms with E-state index in [0.717, 1.165) is 5.56 Å². The molecule has 2 N–H and O–H groups in total. The topological polar surface area (TPSA) is 96.2 Å². The van der Waals surface area contributed by atoms with Crippen molar-refractivity contribution in [2.45, 2.75) is 6.92 Å². The van der Waals surface area contributed by atoms with E-state index in [2.05, 4.69) is 4.99 Å². The molecule has 0 aliphatic heterocycles. The molecular weight excluding hydrogens is 394 g/mol. The number of phenolic OH excluding ortho intramolecular Hbond substituents is 1. The molecule has 0 atom stereocenters. The third-order valence-corrected chi connectivity index (χ3v) is 4.22. The Morgan fingerprint density at radius 1 is 1.03 bits per heavy atom. The Morgan fingerprint density at radius 2 is 1.76 bits per heavy atom. The molecule has 0 aliphatic carbocycles. The first-order valence-corrected chi connectivity index (χ1v) is 8.90. The molecule has 29 heavy (non-hydrogen) atoms. The van der Waals surface area contributed by atoms with Crippen LogP contribution in [0, 0.1) is 6.92 Å². The first-order valence-electron chi connectivity index (χ1n) is 8.52.